The molecular formula is C21H28N6O. The Morgan fingerprint density at radius 3 is 2.86 bits per heavy atom. The number of likely N-dealkylation sites (tertiary alicyclic amines) is 1. The van der Waals surface area contributed by atoms with Crippen molar-refractivity contribution in [2.75, 3.05) is 38.1 Å². The van der Waals surface area contributed by atoms with Crippen molar-refractivity contribution >= 4 is 11.8 Å². The van der Waals surface area contributed by atoms with Crippen molar-refractivity contribution in [3.05, 3.63) is 48.3 Å². The summed E-state index contributed by atoms with van der Waals surface area (Å²) in [5.41, 5.74) is 1.22. The van der Waals surface area contributed by atoms with Gasteiger partial charge in [-0.05, 0) is 36.6 Å². The zero-order chi connectivity index (χ0) is 19.2. The third-order valence-corrected chi connectivity index (χ3v) is 5.27. The van der Waals surface area contributed by atoms with Crippen LogP contribution in [0.15, 0.2) is 47.7 Å². The smallest absolute Gasteiger partial charge is 0.213 e. The number of nitrogens with one attached hydrogen (secondary N) is 1. The molecule has 148 valence electrons. The molecule has 0 aliphatic carbocycles. The predicted octanol–water partition coefficient (Wildman–Crippen LogP) is 2.31. The minimum absolute atomic E-state index is 0.135. The van der Waals surface area contributed by atoms with Gasteiger partial charge in [-0.1, -0.05) is 6.07 Å². The largest absolute Gasteiger partial charge is 0.472 e. The summed E-state index contributed by atoms with van der Waals surface area (Å²) in [4.78, 5) is 17.8. The molecule has 1 N–H and O–H groups in total. The summed E-state index contributed by atoms with van der Waals surface area (Å²) in [5, 5.41) is 3.49. The fraction of sp³-hybridized carbons (Fsp3) is 0.476. The monoisotopic (exact) mass is 380 g/mol. The van der Waals surface area contributed by atoms with E-state index in [0.717, 1.165) is 50.9 Å². The minimum Gasteiger partial charge on any atom is -0.472 e. The lowest BCUT2D eigenvalue weighted by Crippen LogP contribution is -2.40. The number of anilines is 1. The van der Waals surface area contributed by atoms with Gasteiger partial charge in [0.25, 0.3) is 0 Å². The Hall–Kier alpha value is -2.83. The molecule has 2 aromatic heterocycles. The van der Waals surface area contributed by atoms with Gasteiger partial charge < -0.3 is 19.9 Å². The van der Waals surface area contributed by atoms with Crippen LogP contribution in [0.5, 0.6) is 5.88 Å². The first kappa shape index (κ1) is 18.5. The fourth-order valence-corrected chi connectivity index (χ4v) is 3.81. The average Bonchev–Trinajstić information content (AvgIpc) is 3.42. The van der Waals surface area contributed by atoms with E-state index in [4.69, 9.17) is 4.74 Å². The molecule has 4 rings (SSSR count). The van der Waals surface area contributed by atoms with Crippen LogP contribution >= 0.6 is 0 Å². The summed E-state index contributed by atoms with van der Waals surface area (Å²) < 4.78 is 5.99. The highest BCUT2D eigenvalue weighted by molar-refractivity contribution is 5.80. The Balaban J connectivity index is 1.31. The average molecular weight is 380 g/mol. The molecule has 0 aromatic carbocycles. The summed E-state index contributed by atoms with van der Waals surface area (Å²) in [6.07, 6.45) is 7.27. The molecule has 2 fully saturated rings. The van der Waals surface area contributed by atoms with E-state index in [1.54, 1.807) is 6.20 Å². The van der Waals surface area contributed by atoms with Crippen LogP contribution in [0.2, 0.25) is 0 Å². The molecule has 0 saturated carbocycles. The van der Waals surface area contributed by atoms with Crippen molar-refractivity contribution in [1.82, 2.24) is 20.2 Å². The maximum absolute atomic E-state index is 5.99. The van der Waals surface area contributed by atoms with Gasteiger partial charge in [0.2, 0.25) is 5.88 Å². The number of guanidine groups is 1. The molecule has 0 radical (unpaired) electrons. The van der Waals surface area contributed by atoms with Crippen molar-refractivity contribution in [1.29, 1.82) is 0 Å². The first-order valence-corrected chi connectivity index (χ1v) is 10.0. The Labute approximate surface area is 166 Å². The molecule has 4 heterocycles. The standard InChI is InChI=1S/C21H28N6O/c1-22-21(27-13-8-18(16-27)28-20-6-2-3-9-24-20)25-15-17-7-10-23-19(14-17)26-11-4-5-12-26/h2-3,6-7,9-10,14,18H,4-5,8,11-13,15-16H2,1H3,(H,22,25). The van der Waals surface area contributed by atoms with Crippen LogP contribution in [0.25, 0.3) is 0 Å². The third-order valence-electron chi connectivity index (χ3n) is 5.27. The van der Waals surface area contributed by atoms with Crippen LogP contribution in [0.1, 0.15) is 24.8 Å². The van der Waals surface area contributed by atoms with E-state index < -0.39 is 0 Å². The molecule has 1 atom stereocenters. The molecule has 28 heavy (non-hydrogen) atoms. The van der Waals surface area contributed by atoms with Gasteiger partial charge in [0, 0.05) is 58.1 Å². The molecule has 0 amide bonds. The highest BCUT2D eigenvalue weighted by Crippen LogP contribution is 2.19. The van der Waals surface area contributed by atoms with Gasteiger partial charge in [-0.25, -0.2) is 9.97 Å². The number of hydrogen-bond acceptors (Lipinski definition) is 5. The second-order valence-corrected chi connectivity index (χ2v) is 7.26. The number of pyridine rings is 2. The number of nitrogens with zero attached hydrogens (tertiary/aromatic N) is 5. The van der Waals surface area contributed by atoms with Gasteiger partial charge in [-0.2, -0.15) is 0 Å². The van der Waals surface area contributed by atoms with E-state index in [1.165, 1.54) is 18.4 Å². The number of hydrogen-bond donors (Lipinski definition) is 1. The maximum Gasteiger partial charge on any atom is 0.213 e. The van der Waals surface area contributed by atoms with Gasteiger partial charge in [0.15, 0.2) is 5.96 Å². The summed E-state index contributed by atoms with van der Waals surface area (Å²) in [6.45, 7) is 4.68. The molecule has 0 bridgehead atoms. The predicted molar refractivity (Wildman–Crippen MR) is 111 cm³/mol. The summed E-state index contributed by atoms with van der Waals surface area (Å²) in [5.74, 6) is 2.67. The van der Waals surface area contributed by atoms with Crippen molar-refractivity contribution < 1.29 is 4.74 Å². The lowest BCUT2D eigenvalue weighted by atomic mass is 10.2. The van der Waals surface area contributed by atoms with E-state index in [0.29, 0.717) is 5.88 Å². The Morgan fingerprint density at radius 1 is 1.18 bits per heavy atom. The zero-order valence-electron chi connectivity index (χ0n) is 16.4. The summed E-state index contributed by atoms with van der Waals surface area (Å²) >= 11 is 0. The van der Waals surface area contributed by atoms with Gasteiger partial charge in [-0.15, -0.1) is 0 Å². The second-order valence-electron chi connectivity index (χ2n) is 7.26. The van der Waals surface area contributed by atoms with E-state index in [1.807, 2.05) is 31.4 Å². The molecule has 2 aliphatic rings. The van der Waals surface area contributed by atoms with E-state index >= 15 is 0 Å². The number of aliphatic imine (C=N–C) groups is 1. The lowest BCUT2D eigenvalue weighted by molar-refractivity contribution is 0.205. The summed E-state index contributed by atoms with van der Waals surface area (Å²) in [6, 6.07) is 9.99. The first-order chi connectivity index (χ1) is 13.8. The molecular weight excluding hydrogens is 352 g/mol. The van der Waals surface area contributed by atoms with Crippen molar-refractivity contribution in [2.45, 2.75) is 31.9 Å². The maximum atomic E-state index is 5.99. The lowest BCUT2D eigenvalue weighted by Gasteiger charge is -2.22. The van der Waals surface area contributed by atoms with Crippen LogP contribution in [-0.4, -0.2) is 60.2 Å². The molecule has 2 saturated heterocycles. The molecule has 1 unspecified atom stereocenters. The van der Waals surface area contributed by atoms with Crippen LogP contribution in [-0.2, 0) is 6.54 Å². The van der Waals surface area contributed by atoms with Crippen molar-refractivity contribution in [3.8, 4) is 5.88 Å². The van der Waals surface area contributed by atoms with Crippen LogP contribution < -0.4 is 15.0 Å². The molecule has 2 aliphatic heterocycles. The van der Waals surface area contributed by atoms with E-state index in [-0.39, 0.29) is 6.10 Å². The van der Waals surface area contributed by atoms with Gasteiger partial charge in [-0.3, -0.25) is 4.99 Å². The number of aromatic nitrogens is 2. The Kier molecular flexibility index (Phi) is 5.89. The molecule has 0 spiro atoms. The van der Waals surface area contributed by atoms with Gasteiger partial charge >= 0.3 is 0 Å². The second kappa shape index (κ2) is 8.91. The normalized spacial score (nSPS) is 19.9. The SMILES string of the molecule is CN=C(NCc1ccnc(N2CCCC2)c1)N1CCC(Oc2ccccn2)C1. The highest BCUT2D eigenvalue weighted by Gasteiger charge is 2.26. The van der Waals surface area contributed by atoms with Crippen molar-refractivity contribution in [2.24, 2.45) is 4.99 Å². The number of ether oxygens (including phenoxy) is 1. The van der Waals surface area contributed by atoms with E-state index in [9.17, 15) is 0 Å². The van der Waals surface area contributed by atoms with Crippen LogP contribution in [0.4, 0.5) is 5.82 Å². The Bertz CT molecular complexity index is 790. The van der Waals surface area contributed by atoms with Crippen LogP contribution in [0, 0.1) is 0 Å². The molecule has 2 aromatic rings. The first-order valence-electron chi connectivity index (χ1n) is 10.0. The minimum atomic E-state index is 0.135. The zero-order valence-corrected chi connectivity index (χ0v) is 16.4. The van der Waals surface area contributed by atoms with E-state index in [2.05, 4.69) is 42.2 Å². The van der Waals surface area contributed by atoms with Gasteiger partial charge in [0.1, 0.15) is 11.9 Å². The third kappa shape index (κ3) is 4.52. The highest BCUT2D eigenvalue weighted by atomic mass is 16.5. The van der Waals surface area contributed by atoms with Crippen molar-refractivity contribution in [3.63, 3.8) is 0 Å². The fourth-order valence-electron chi connectivity index (χ4n) is 3.81. The topological polar surface area (TPSA) is 65.9 Å². The quantitative estimate of drug-likeness (QED) is 0.634. The molecule has 7 nitrogen and oxygen atoms in total. The Morgan fingerprint density at radius 2 is 2.07 bits per heavy atom. The summed E-state index contributed by atoms with van der Waals surface area (Å²) in [7, 11) is 1.83. The van der Waals surface area contributed by atoms with Crippen LogP contribution in [0.3, 0.4) is 0 Å². The number of rotatable bonds is 5. The van der Waals surface area contributed by atoms with Gasteiger partial charge in [0.05, 0.1) is 6.54 Å². The molecule has 7 heteroatoms.